The number of aryl methyl sites for hydroxylation is 2. The van der Waals surface area contributed by atoms with Gasteiger partial charge in [-0.15, -0.1) is 10.2 Å². The maximum atomic E-state index is 12.7. The predicted molar refractivity (Wildman–Crippen MR) is 119 cm³/mol. The maximum absolute atomic E-state index is 12.7. The highest BCUT2D eigenvalue weighted by Crippen LogP contribution is 2.25. The number of rotatable bonds is 7. The number of carbonyl (C=O) groups excluding carboxylic acids is 1. The summed E-state index contributed by atoms with van der Waals surface area (Å²) in [5.41, 5.74) is 3.86. The average molecular weight is 419 g/mol. The van der Waals surface area contributed by atoms with E-state index < -0.39 is 0 Å². The molecular formula is C22H22N6OS. The van der Waals surface area contributed by atoms with E-state index in [1.165, 1.54) is 17.3 Å². The van der Waals surface area contributed by atoms with E-state index in [2.05, 4.69) is 34.6 Å². The van der Waals surface area contributed by atoms with Gasteiger partial charge in [-0.3, -0.25) is 4.79 Å². The van der Waals surface area contributed by atoms with Crippen molar-refractivity contribution in [1.29, 1.82) is 0 Å². The summed E-state index contributed by atoms with van der Waals surface area (Å²) in [5.74, 6) is 0.732. The molecule has 2 heterocycles. The number of para-hydroxylation sites is 1. The van der Waals surface area contributed by atoms with Crippen molar-refractivity contribution in [2.75, 3.05) is 11.1 Å². The van der Waals surface area contributed by atoms with Gasteiger partial charge < -0.3 is 9.88 Å². The van der Waals surface area contributed by atoms with Crippen molar-refractivity contribution in [1.82, 2.24) is 24.5 Å². The number of hydrogen-bond acceptors (Lipinski definition) is 5. The second-order valence-electron chi connectivity index (χ2n) is 6.76. The number of thioether (sulfide) groups is 1. The second-order valence-corrected chi connectivity index (χ2v) is 7.71. The number of anilines is 1. The Morgan fingerprint density at radius 3 is 2.60 bits per heavy atom. The molecule has 0 bridgehead atoms. The molecule has 8 heteroatoms. The lowest BCUT2D eigenvalue weighted by Crippen LogP contribution is -2.17. The van der Waals surface area contributed by atoms with E-state index in [0.29, 0.717) is 5.82 Å². The van der Waals surface area contributed by atoms with Gasteiger partial charge in [0, 0.05) is 18.2 Å². The Labute approximate surface area is 179 Å². The average Bonchev–Trinajstić information content (AvgIpc) is 3.40. The Balaban J connectivity index is 1.57. The molecule has 0 atom stereocenters. The van der Waals surface area contributed by atoms with E-state index in [1.807, 2.05) is 60.0 Å². The molecule has 30 heavy (non-hydrogen) atoms. The maximum Gasteiger partial charge on any atom is 0.236 e. The number of nitrogens with zero attached hydrogens (tertiary/aromatic N) is 5. The molecule has 1 amide bonds. The summed E-state index contributed by atoms with van der Waals surface area (Å²) in [6.07, 6.45) is 1.67. The first-order valence-corrected chi connectivity index (χ1v) is 10.7. The van der Waals surface area contributed by atoms with Crippen molar-refractivity contribution in [2.24, 2.45) is 0 Å². The summed E-state index contributed by atoms with van der Waals surface area (Å²) < 4.78 is 3.66. The van der Waals surface area contributed by atoms with Crippen molar-refractivity contribution >= 4 is 23.5 Å². The SMILES string of the molecule is CCn1cnnc1SCC(=O)Nc1cc(-c2ccc(C)cc2)nn1-c1ccccc1. The molecule has 0 aliphatic carbocycles. The van der Waals surface area contributed by atoms with E-state index in [0.717, 1.165) is 28.6 Å². The lowest BCUT2D eigenvalue weighted by atomic mass is 10.1. The van der Waals surface area contributed by atoms with Crippen LogP contribution in [-0.2, 0) is 11.3 Å². The summed E-state index contributed by atoms with van der Waals surface area (Å²) in [5, 5.41) is 16.4. The third-order valence-corrected chi connectivity index (χ3v) is 5.56. The smallest absolute Gasteiger partial charge is 0.236 e. The number of benzene rings is 2. The first-order chi connectivity index (χ1) is 14.6. The Bertz CT molecular complexity index is 1130. The zero-order chi connectivity index (χ0) is 20.9. The molecule has 4 rings (SSSR count). The molecule has 7 nitrogen and oxygen atoms in total. The molecule has 0 aliphatic rings. The third kappa shape index (κ3) is 4.44. The van der Waals surface area contributed by atoms with Gasteiger partial charge in [-0.1, -0.05) is 59.8 Å². The minimum Gasteiger partial charge on any atom is -0.310 e. The Kier molecular flexibility index (Phi) is 5.94. The van der Waals surface area contributed by atoms with Crippen molar-refractivity contribution in [3.63, 3.8) is 0 Å². The fraction of sp³-hybridized carbons (Fsp3) is 0.182. The highest BCUT2D eigenvalue weighted by atomic mass is 32.2. The number of carbonyl (C=O) groups is 1. The van der Waals surface area contributed by atoms with Crippen molar-refractivity contribution < 1.29 is 4.79 Å². The van der Waals surface area contributed by atoms with Crippen LogP contribution in [0.15, 0.2) is 72.1 Å². The molecule has 4 aromatic rings. The fourth-order valence-electron chi connectivity index (χ4n) is 2.98. The van der Waals surface area contributed by atoms with Crippen LogP contribution in [0.25, 0.3) is 16.9 Å². The summed E-state index contributed by atoms with van der Waals surface area (Å²) in [4.78, 5) is 12.7. The minimum absolute atomic E-state index is 0.127. The van der Waals surface area contributed by atoms with Crippen LogP contribution >= 0.6 is 11.8 Å². The van der Waals surface area contributed by atoms with Crippen LogP contribution in [0, 0.1) is 6.92 Å². The molecule has 0 saturated heterocycles. The van der Waals surface area contributed by atoms with Gasteiger partial charge in [0.05, 0.1) is 17.1 Å². The minimum atomic E-state index is -0.127. The van der Waals surface area contributed by atoms with Crippen LogP contribution < -0.4 is 5.32 Å². The molecular weight excluding hydrogens is 396 g/mol. The summed E-state index contributed by atoms with van der Waals surface area (Å²) in [7, 11) is 0. The monoisotopic (exact) mass is 418 g/mol. The summed E-state index contributed by atoms with van der Waals surface area (Å²) >= 11 is 1.36. The normalized spacial score (nSPS) is 10.9. The molecule has 0 unspecified atom stereocenters. The molecule has 0 saturated carbocycles. The Morgan fingerprint density at radius 1 is 1.10 bits per heavy atom. The second kappa shape index (κ2) is 8.96. The Morgan fingerprint density at radius 2 is 1.87 bits per heavy atom. The van der Waals surface area contributed by atoms with Gasteiger partial charge in [0.25, 0.3) is 0 Å². The summed E-state index contributed by atoms with van der Waals surface area (Å²) in [6.45, 7) is 4.82. The van der Waals surface area contributed by atoms with E-state index in [-0.39, 0.29) is 11.7 Å². The zero-order valence-electron chi connectivity index (χ0n) is 16.8. The lowest BCUT2D eigenvalue weighted by Gasteiger charge is -2.08. The molecule has 0 radical (unpaired) electrons. The number of nitrogens with one attached hydrogen (secondary N) is 1. The van der Waals surface area contributed by atoms with Crippen molar-refractivity contribution in [2.45, 2.75) is 25.5 Å². The molecule has 0 fully saturated rings. The largest absolute Gasteiger partial charge is 0.310 e. The molecule has 2 aromatic heterocycles. The van der Waals surface area contributed by atoms with Crippen LogP contribution in [0.2, 0.25) is 0 Å². The van der Waals surface area contributed by atoms with Gasteiger partial charge >= 0.3 is 0 Å². The lowest BCUT2D eigenvalue weighted by molar-refractivity contribution is -0.113. The summed E-state index contributed by atoms with van der Waals surface area (Å²) in [6, 6.07) is 19.8. The predicted octanol–water partition coefficient (Wildman–Crippen LogP) is 4.19. The number of hydrogen-bond donors (Lipinski definition) is 1. The van der Waals surface area contributed by atoms with Gasteiger partial charge in [0.1, 0.15) is 12.1 Å². The Hall–Kier alpha value is -3.39. The highest BCUT2D eigenvalue weighted by molar-refractivity contribution is 7.99. The third-order valence-electron chi connectivity index (χ3n) is 4.58. The van der Waals surface area contributed by atoms with Gasteiger partial charge in [0.2, 0.25) is 5.91 Å². The van der Waals surface area contributed by atoms with Gasteiger partial charge in [-0.05, 0) is 26.0 Å². The van der Waals surface area contributed by atoms with Crippen LogP contribution in [0.5, 0.6) is 0 Å². The standard InChI is InChI=1S/C22H22N6OS/c1-3-27-15-23-25-22(27)30-14-21(29)24-20-13-19(17-11-9-16(2)10-12-17)26-28(20)18-7-5-4-6-8-18/h4-13,15H,3,14H2,1-2H3,(H,24,29). The molecule has 2 aromatic carbocycles. The van der Waals surface area contributed by atoms with Gasteiger partial charge in [-0.25, -0.2) is 4.68 Å². The number of amides is 1. The van der Waals surface area contributed by atoms with Crippen LogP contribution in [-0.4, -0.2) is 36.2 Å². The van der Waals surface area contributed by atoms with Gasteiger partial charge in [-0.2, -0.15) is 5.10 Å². The van der Waals surface area contributed by atoms with E-state index in [9.17, 15) is 4.79 Å². The van der Waals surface area contributed by atoms with E-state index in [1.54, 1.807) is 11.0 Å². The zero-order valence-corrected chi connectivity index (χ0v) is 17.6. The van der Waals surface area contributed by atoms with E-state index >= 15 is 0 Å². The molecule has 0 aliphatic heterocycles. The van der Waals surface area contributed by atoms with Crippen LogP contribution in [0.1, 0.15) is 12.5 Å². The molecule has 1 N–H and O–H groups in total. The first-order valence-electron chi connectivity index (χ1n) is 9.67. The number of aromatic nitrogens is 5. The van der Waals surface area contributed by atoms with Crippen molar-refractivity contribution in [3.05, 3.63) is 72.6 Å². The first kappa shape index (κ1) is 19.9. The van der Waals surface area contributed by atoms with Gasteiger partial charge in [0.15, 0.2) is 5.16 Å². The topological polar surface area (TPSA) is 77.6 Å². The van der Waals surface area contributed by atoms with Crippen LogP contribution in [0.3, 0.4) is 0 Å². The molecule has 152 valence electrons. The van der Waals surface area contributed by atoms with E-state index in [4.69, 9.17) is 5.10 Å². The highest BCUT2D eigenvalue weighted by Gasteiger charge is 2.15. The molecule has 0 spiro atoms. The van der Waals surface area contributed by atoms with Crippen LogP contribution in [0.4, 0.5) is 5.82 Å². The fourth-order valence-corrected chi connectivity index (χ4v) is 3.76. The quantitative estimate of drug-likeness (QED) is 0.455. The van der Waals surface area contributed by atoms with Crippen molar-refractivity contribution in [3.8, 4) is 16.9 Å².